The van der Waals surface area contributed by atoms with Crippen molar-refractivity contribution in [2.75, 3.05) is 26.2 Å². The highest BCUT2D eigenvalue weighted by molar-refractivity contribution is 5.85. The Morgan fingerprint density at radius 3 is 2.83 bits per heavy atom. The van der Waals surface area contributed by atoms with Gasteiger partial charge in [-0.25, -0.2) is 4.99 Å². The molecular formula is C25H30N4O. The van der Waals surface area contributed by atoms with Crippen molar-refractivity contribution in [3.8, 4) is 0 Å². The van der Waals surface area contributed by atoms with Crippen molar-refractivity contribution in [2.24, 2.45) is 10.9 Å². The Kier molecular flexibility index (Phi) is 6.93. The molecule has 3 aromatic rings. The molecule has 0 saturated carbocycles. The van der Waals surface area contributed by atoms with E-state index in [1.807, 2.05) is 18.3 Å². The van der Waals surface area contributed by atoms with E-state index >= 15 is 0 Å². The first kappa shape index (κ1) is 20.4. The van der Waals surface area contributed by atoms with Gasteiger partial charge < -0.3 is 15.0 Å². The average Bonchev–Trinajstić information content (AvgIpc) is 3.26. The zero-order chi connectivity index (χ0) is 20.6. The van der Waals surface area contributed by atoms with Crippen LogP contribution in [0.5, 0.6) is 0 Å². The molecule has 1 N–H and O–H groups in total. The molecule has 1 atom stereocenters. The first-order valence-corrected chi connectivity index (χ1v) is 10.8. The molecule has 0 bridgehead atoms. The maximum absolute atomic E-state index is 5.97. The summed E-state index contributed by atoms with van der Waals surface area (Å²) in [5, 5.41) is 5.83. The van der Waals surface area contributed by atoms with Crippen LogP contribution in [-0.2, 0) is 17.9 Å². The fraction of sp³-hybridized carbons (Fsp3) is 0.360. The summed E-state index contributed by atoms with van der Waals surface area (Å²) in [6.07, 6.45) is 3.00. The van der Waals surface area contributed by atoms with Crippen LogP contribution in [-0.4, -0.2) is 42.1 Å². The van der Waals surface area contributed by atoms with E-state index in [0.29, 0.717) is 19.1 Å². The molecule has 30 heavy (non-hydrogen) atoms. The zero-order valence-electron chi connectivity index (χ0n) is 17.6. The van der Waals surface area contributed by atoms with Crippen molar-refractivity contribution >= 4 is 16.7 Å². The Hall–Kier alpha value is -2.92. The van der Waals surface area contributed by atoms with Crippen molar-refractivity contribution in [1.29, 1.82) is 0 Å². The van der Waals surface area contributed by atoms with Crippen molar-refractivity contribution in [3.63, 3.8) is 0 Å². The molecule has 1 aliphatic rings. The normalized spacial score (nSPS) is 16.9. The first-order valence-electron chi connectivity index (χ1n) is 10.8. The highest BCUT2D eigenvalue weighted by atomic mass is 16.5. The first-order chi connectivity index (χ1) is 14.8. The lowest BCUT2D eigenvalue weighted by Gasteiger charge is -2.21. The molecule has 1 fully saturated rings. The van der Waals surface area contributed by atoms with Crippen molar-refractivity contribution in [1.82, 2.24) is 15.2 Å². The molecule has 156 valence electrons. The van der Waals surface area contributed by atoms with Gasteiger partial charge in [0.15, 0.2) is 5.96 Å². The Morgan fingerprint density at radius 1 is 1.13 bits per heavy atom. The Bertz CT molecular complexity index is 968. The van der Waals surface area contributed by atoms with Gasteiger partial charge in [-0.05, 0) is 30.4 Å². The second-order valence-corrected chi connectivity index (χ2v) is 7.75. The molecule has 5 heteroatoms. The topological polar surface area (TPSA) is 49.8 Å². The molecule has 4 rings (SSSR count). The average molecular weight is 403 g/mol. The summed E-state index contributed by atoms with van der Waals surface area (Å²) in [6.45, 7) is 7.00. The lowest BCUT2D eigenvalue weighted by Crippen LogP contribution is -2.40. The molecule has 2 heterocycles. The summed E-state index contributed by atoms with van der Waals surface area (Å²) < 4.78 is 5.97. The van der Waals surface area contributed by atoms with Crippen molar-refractivity contribution in [3.05, 3.63) is 78.1 Å². The predicted molar refractivity (Wildman–Crippen MR) is 122 cm³/mol. The fourth-order valence-electron chi connectivity index (χ4n) is 3.96. The highest BCUT2D eigenvalue weighted by Crippen LogP contribution is 2.19. The van der Waals surface area contributed by atoms with E-state index in [9.17, 15) is 0 Å². The lowest BCUT2D eigenvalue weighted by atomic mass is 10.1. The summed E-state index contributed by atoms with van der Waals surface area (Å²) in [6, 6.07) is 20.8. The van der Waals surface area contributed by atoms with Gasteiger partial charge in [-0.3, -0.25) is 4.98 Å². The highest BCUT2D eigenvalue weighted by Gasteiger charge is 2.25. The van der Waals surface area contributed by atoms with Gasteiger partial charge in [-0.2, -0.15) is 0 Å². The minimum absolute atomic E-state index is 0.535. The lowest BCUT2D eigenvalue weighted by molar-refractivity contribution is 0.0906. The summed E-state index contributed by atoms with van der Waals surface area (Å²) in [5.41, 5.74) is 2.25. The van der Waals surface area contributed by atoms with E-state index in [2.05, 4.69) is 70.7 Å². The standard InChI is InChI=1S/C25H30N4O/c1-2-26-25(28-16-24-23-11-7-6-10-22(23)12-14-27-24)29-15-13-21(17-29)19-30-18-20-8-4-3-5-9-20/h3-12,14,21H,2,13,15-19H2,1H3,(H,26,28). The van der Waals surface area contributed by atoms with E-state index in [1.54, 1.807) is 0 Å². The van der Waals surface area contributed by atoms with E-state index in [0.717, 1.165) is 44.3 Å². The monoisotopic (exact) mass is 402 g/mol. The molecule has 1 aromatic heterocycles. The Labute approximate surface area is 178 Å². The minimum atomic E-state index is 0.535. The van der Waals surface area contributed by atoms with Gasteiger partial charge in [0, 0.05) is 37.1 Å². The van der Waals surface area contributed by atoms with Crippen LogP contribution in [0.3, 0.4) is 0 Å². The van der Waals surface area contributed by atoms with Crippen molar-refractivity contribution < 1.29 is 4.74 Å². The molecule has 1 aliphatic heterocycles. The second-order valence-electron chi connectivity index (χ2n) is 7.75. The smallest absolute Gasteiger partial charge is 0.194 e. The third-order valence-electron chi connectivity index (χ3n) is 5.52. The number of hydrogen-bond acceptors (Lipinski definition) is 3. The molecule has 1 unspecified atom stereocenters. The van der Waals surface area contributed by atoms with Crippen LogP contribution in [0.15, 0.2) is 71.9 Å². The molecule has 5 nitrogen and oxygen atoms in total. The number of pyridine rings is 1. The molecule has 0 radical (unpaired) electrons. The third kappa shape index (κ3) is 5.16. The number of likely N-dealkylation sites (tertiary alicyclic amines) is 1. The van der Waals surface area contributed by atoms with Gasteiger partial charge >= 0.3 is 0 Å². The van der Waals surface area contributed by atoms with Gasteiger partial charge in [-0.1, -0.05) is 54.6 Å². The summed E-state index contributed by atoms with van der Waals surface area (Å²) in [5.74, 6) is 1.51. The molecule has 2 aromatic carbocycles. The maximum Gasteiger partial charge on any atom is 0.194 e. The number of hydrogen-bond donors (Lipinski definition) is 1. The number of ether oxygens (including phenoxy) is 1. The van der Waals surface area contributed by atoms with Crippen molar-refractivity contribution in [2.45, 2.75) is 26.5 Å². The van der Waals surface area contributed by atoms with Gasteiger partial charge in [0.2, 0.25) is 0 Å². The second kappa shape index (κ2) is 10.2. The number of fused-ring (bicyclic) bond motifs is 1. The van der Waals surface area contributed by atoms with Gasteiger partial charge in [0.1, 0.15) is 0 Å². The molecule has 0 amide bonds. The van der Waals surface area contributed by atoms with E-state index in [1.165, 1.54) is 16.3 Å². The molecule has 1 saturated heterocycles. The number of nitrogens with zero attached hydrogens (tertiary/aromatic N) is 3. The number of rotatable bonds is 7. The minimum Gasteiger partial charge on any atom is -0.376 e. The van der Waals surface area contributed by atoms with E-state index in [-0.39, 0.29) is 0 Å². The molecule has 0 spiro atoms. The molecular weight excluding hydrogens is 372 g/mol. The Morgan fingerprint density at radius 2 is 1.97 bits per heavy atom. The van der Waals surface area contributed by atoms with Crippen LogP contribution < -0.4 is 5.32 Å². The number of nitrogens with one attached hydrogen (secondary N) is 1. The van der Waals surface area contributed by atoms with Crippen LogP contribution in [0.2, 0.25) is 0 Å². The van der Waals surface area contributed by atoms with Gasteiger partial charge in [0.25, 0.3) is 0 Å². The summed E-state index contributed by atoms with van der Waals surface area (Å²) in [7, 11) is 0. The Balaban J connectivity index is 1.35. The summed E-state index contributed by atoms with van der Waals surface area (Å²) >= 11 is 0. The SMILES string of the molecule is CCNC(=NCc1nccc2ccccc12)N1CCC(COCc2ccccc2)C1. The third-order valence-corrected chi connectivity index (χ3v) is 5.52. The van der Waals surface area contributed by atoms with Gasteiger partial charge in [-0.15, -0.1) is 0 Å². The number of aromatic nitrogens is 1. The number of benzene rings is 2. The number of aliphatic imine (C=N–C) groups is 1. The van der Waals surface area contributed by atoms with Crippen LogP contribution >= 0.6 is 0 Å². The number of guanidine groups is 1. The maximum atomic E-state index is 5.97. The van der Waals surface area contributed by atoms with E-state index < -0.39 is 0 Å². The largest absolute Gasteiger partial charge is 0.376 e. The quantitative estimate of drug-likeness (QED) is 0.474. The van der Waals surface area contributed by atoms with Crippen LogP contribution in [0.1, 0.15) is 24.6 Å². The summed E-state index contributed by atoms with van der Waals surface area (Å²) in [4.78, 5) is 11.8. The molecule has 0 aliphatic carbocycles. The van der Waals surface area contributed by atoms with E-state index in [4.69, 9.17) is 9.73 Å². The van der Waals surface area contributed by atoms with Crippen LogP contribution in [0.25, 0.3) is 10.8 Å². The zero-order valence-corrected chi connectivity index (χ0v) is 17.6. The van der Waals surface area contributed by atoms with Gasteiger partial charge in [0.05, 0.1) is 25.5 Å². The van der Waals surface area contributed by atoms with Crippen LogP contribution in [0.4, 0.5) is 0 Å². The fourth-order valence-corrected chi connectivity index (χ4v) is 3.96. The predicted octanol–water partition coefficient (Wildman–Crippen LogP) is 4.24. The van der Waals surface area contributed by atoms with Crippen LogP contribution in [0, 0.1) is 5.92 Å².